The van der Waals surface area contributed by atoms with Gasteiger partial charge in [0.15, 0.2) is 0 Å². The Bertz CT molecular complexity index is 105. The summed E-state index contributed by atoms with van der Waals surface area (Å²) in [5, 5.41) is 43.4. The van der Waals surface area contributed by atoms with E-state index in [0.29, 0.717) is 0 Å². The molecule has 1 radical (unpaired) electrons. The van der Waals surface area contributed by atoms with Crippen molar-refractivity contribution in [1.82, 2.24) is 0 Å². The fourth-order valence-electron chi connectivity index (χ4n) is 0.563. The largest absolute Gasteiger partial charge is 0.394 e. The van der Waals surface area contributed by atoms with Crippen molar-refractivity contribution in [3.63, 3.8) is 0 Å². The zero-order chi connectivity index (χ0) is 9.02. The quantitative estimate of drug-likeness (QED) is 0.311. The van der Waals surface area contributed by atoms with Crippen LogP contribution in [0.25, 0.3) is 0 Å². The highest BCUT2D eigenvalue weighted by atomic mass is 16.4. The second-order valence-corrected chi connectivity index (χ2v) is 2.30. The molecule has 0 aliphatic heterocycles. The van der Waals surface area contributed by atoms with E-state index in [9.17, 15) is 0 Å². The molecule has 11 heavy (non-hydrogen) atoms. The zero-order valence-corrected chi connectivity index (χ0v) is 5.96. The highest BCUT2D eigenvalue weighted by Crippen LogP contribution is 2.03. The fraction of sp³-hybridized carbons (Fsp3) is 0.833. The standard InChI is InChI=1S/C6H13O5/c1-3(8)5(10)6(11)4(9)2-7/h3-11H,1-2H2/t3-,4-,5-,6-/m1/s1. The molecule has 0 aromatic heterocycles. The third-order valence-electron chi connectivity index (χ3n) is 1.33. The van der Waals surface area contributed by atoms with Crippen LogP contribution in [0, 0.1) is 6.92 Å². The first kappa shape index (κ1) is 10.8. The molecule has 0 fully saturated rings. The molecule has 0 saturated heterocycles. The lowest BCUT2D eigenvalue weighted by atomic mass is 10.1. The van der Waals surface area contributed by atoms with Gasteiger partial charge in [0.25, 0.3) is 0 Å². The van der Waals surface area contributed by atoms with E-state index in [0.717, 1.165) is 0 Å². The van der Waals surface area contributed by atoms with Crippen LogP contribution in [0.1, 0.15) is 0 Å². The van der Waals surface area contributed by atoms with Crippen molar-refractivity contribution in [2.75, 3.05) is 6.61 Å². The smallest absolute Gasteiger partial charge is 0.110 e. The molecule has 0 saturated carbocycles. The van der Waals surface area contributed by atoms with Gasteiger partial charge in [-0.1, -0.05) is 0 Å². The lowest BCUT2D eigenvalue weighted by Gasteiger charge is -2.23. The summed E-state index contributed by atoms with van der Waals surface area (Å²) in [6, 6.07) is 0. The van der Waals surface area contributed by atoms with E-state index in [1.807, 2.05) is 0 Å². The summed E-state index contributed by atoms with van der Waals surface area (Å²) in [7, 11) is 0. The van der Waals surface area contributed by atoms with Gasteiger partial charge in [-0.3, -0.25) is 0 Å². The monoisotopic (exact) mass is 165 g/mol. The van der Waals surface area contributed by atoms with Gasteiger partial charge in [0.1, 0.15) is 18.3 Å². The van der Waals surface area contributed by atoms with E-state index in [4.69, 9.17) is 25.5 Å². The number of hydrogen-bond donors (Lipinski definition) is 5. The molecule has 0 bridgehead atoms. The molecule has 0 aliphatic rings. The predicted octanol–water partition coefficient (Wildman–Crippen LogP) is -2.74. The average molecular weight is 165 g/mol. The first-order valence-corrected chi connectivity index (χ1v) is 3.17. The molecule has 0 spiro atoms. The summed E-state index contributed by atoms with van der Waals surface area (Å²) in [6.07, 6.45) is -5.96. The molecule has 5 N–H and O–H groups in total. The van der Waals surface area contributed by atoms with E-state index in [1.54, 1.807) is 0 Å². The molecule has 0 aromatic carbocycles. The molecule has 5 heteroatoms. The van der Waals surface area contributed by atoms with Crippen molar-refractivity contribution in [2.45, 2.75) is 24.4 Å². The Morgan fingerprint density at radius 1 is 1.00 bits per heavy atom. The Labute approximate surface area is 64.5 Å². The van der Waals surface area contributed by atoms with Crippen LogP contribution in [0.3, 0.4) is 0 Å². The molecular formula is C6H13O5. The van der Waals surface area contributed by atoms with Gasteiger partial charge in [-0.2, -0.15) is 0 Å². The molecular weight excluding hydrogens is 152 g/mol. The van der Waals surface area contributed by atoms with E-state index in [1.165, 1.54) is 0 Å². The van der Waals surface area contributed by atoms with E-state index < -0.39 is 31.0 Å². The Morgan fingerprint density at radius 2 is 1.45 bits per heavy atom. The van der Waals surface area contributed by atoms with Gasteiger partial charge in [0, 0.05) is 0 Å². The van der Waals surface area contributed by atoms with Crippen LogP contribution in [-0.4, -0.2) is 56.6 Å². The zero-order valence-electron chi connectivity index (χ0n) is 5.96. The Kier molecular flexibility index (Phi) is 4.55. The Balaban J connectivity index is 3.90. The number of aliphatic hydroxyl groups is 5. The molecule has 5 nitrogen and oxygen atoms in total. The Hall–Kier alpha value is -0.200. The normalized spacial score (nSPS) is 22.4. The summed E-state index contributed by atoms with van der Waals surface area (Å²) in [5.41, 5.74) is 0. The van der Waals surface area contributed by atoms with Crippen molar-refractivity contribution in [2.24, 2.45) is 0 Å². The fourth-order valence-corrected chi connectivity index (χ4v) is 0.563. The topological polar surface area (TPSA) is 101 Å². The van der Waals surface area contributed by atoms with Crippen LogP contribution >= 0.6 is 0 Å². The van der Waals surface area contributed by atoms with E-state index >= 15 is 0 Å². The van der Waals surface area contributed by atoms with Crippen molar-refractivity contribution in [1.29, 1.82) is 0 Å². The van der Waals surface area contributed by atoms with Gasteiger partial charge < -0.3 is 25.5 Å². The highest BCUT2D eigenvalue weighted by Gasteiger charge is 2.27. The molecule has 0 rings (SSSR count). The number of aliphatic hydroxyl groups excluding tert-OH is 5. The van der Waals surface area contributed by atoms with Crippen LogP contribution in [-0.2, 0) is 0 Å². The Morgan fingerprint density at radius 3 is 1.73 bits per heavy atom. The minimum atomic E-state index is -1.58. The van der Waals surface area contributed by atoms with Gasteiger partial charge in [0.05, 0.1) is 12.7 Å². The first-order valence-electron chi connectivity index (χ1n) is 3.17. The predicted molar refractivity (Wildman–Crippen MR) is 36.5 cm³/mol. The molecule has 4 atom stereocenters. The van der Waals surface area contributed by atoms with Crippen LogP contribution < -0.4 is 0 Å². The average Bonchev–Trinajstić information content (AvgIpc) is 2.00. The second kappa shape index (κ2) is 4.63. The molecule has 0 unspecified atom stereocenters. The van der Waals surface area contributed by atoms with Crippen molar-refractivity contribution in [3.8, 4) is 0 Å². The van der Waals surface area contributed by atoms with E-state index in [2.05, 4.69) is 6.92 Å². The first-order chi connectivity index (χ1) is 5.00. The third kappa shape index (κ3) is 3.13. The maximum atomic E-state index is 8.90. The summed E-state index contributed by atoms with van der Waals surface area (Å²) in [5.74, 6) is 0. The van der Waals surface area contributed by atoms with Gasteiger partial charge in [0.2, 0.25) is 0 Å². The number of rotatable bonds is 4. The highest BCUT2D eigenvalue weighted by molar-refractivity contribution is 4.81. The lowest BCUT2D eigenvalue weighted by Crippen LogP contribution is -2.44. The molecule has 0 heterocycles. The van der Waals surface area contributed by atoms with Gasteiger partial charge in [-0.05, 0) is 6.92 Å². The lowest BCUT2D eigenvalue weighted by molar-refractivity contribution is -0.105. The summed E-state index contributed by atoms with van der Waals surface area (Å²) in [4.78, 5) is 0. The van der Waals surface area contributed by atoms with Crippen molar-refractivity contribution in [3.05, 3.63) is 6.92 Å². The van der Waals surface area contributed by atoms with Gasteiger partial charge in [-0.25, -0.2) is 0 Å². The van der Waals surface area contributed by atoms with E-state index in [-0.39, 0.29) is 0 Å². The van der Waals surface area contributed by atoms with Crippen molar-refractivity contribution >= 4 is 0 Å². The summed E-state index contributed by atoms with van der Waals surface area (Å²) >= 11 is 0. The molecule has 0 aromatic rings. The minimum absolute atomic E-state index is 0.676. The van der Waals surface area contributed by atoms with Crippen LogP contribution in [0.5, 0.6) is 0 Å². The SMILES string of the molecule is [CH2][C@@H](O)[C@@H](O)[C@H](O)[C@H](O)CO. The minimum Gasteiger partial charge on any atom is -0.394 e. The van der Waals surface area contributed by atoms with Gasteiger partial charge in [-0.15, -0.1) is 0 Å². The summed E-state index contributed by atoms with van der Waals surface area (Å²) in [6.45, 7) is 2.35. The molecule has 67 valence electrons. The second-order valence-electron chi connectivity index (χ2n) is 2.30. The number of hydrogen-bond acceptors (Lipinski definition) is 5. The maximum absolute atomic E-state index is 8.90. The van der Waals surface area contributed by atoms with Crippen LogP contribution in [0.2, 0.25) is 0 Å². The van der Waals surface area contributed by atoms with Gasteiger partial charge >= 0.3 is 0 Å². The summed E-state index contributed by atoms with van der Waals surface area (Å²) < 4.78 is 0. The van der Waals surface area contributed by atoms with Crippen LogP contribution in [0.4, 0.5) is 0 Å². The van der Waals surface area contributed by atoms with Crippen molar-refractivity contribution < 1.29 is 25.5 Å². The van der Waals surface area contributed by atoms with Crippen LogP contribution in [0.15, 0.2) is 0 Å². The third-order valence-corrected chi connectivity index (χ3v) is 1.33. The maximum Gasteiger partial charge on any atom is 0.110 e. The molecule has 0 amide bonds. The molecule has 0 aliphatic carbocycles.